The van der Waals surface area contributed by atoms with Gasteiger partial charge in [-0.3, -0.25) is 0 Å². The summed E-state index contributed by atoms with van der Waals surface area (Å²) in [5, 5.41) is 10.7. The maximum Gasteiger partial charge on any atom is 0.179 e. The highest BCUT2D eigenvalue weighted by atomic mass is 28.3. The molecule has 1 heterocycles. The molecular formula is C62H51NSi2. The highest BCUT2D eigenvalue weighted by Gasteiger charge is 2.43. The standard InChI is InChI=1S/C62H51NSi2/c1-46-40-47(2)62(48(3)41-46)51-44-60(49-24-22-38-58(42-49)64(52-26-10-4-11-27-52,53-28-12-5-13-29-53)54-30-14-6-15-31-54)63-61(45-51)50-25-23-39-59(43-50)65(55-32-16-7-17-33-55,56-34-18-8-19-35-56)57-36-20-9-21-37-57/h4-45H,1-3H3. The lowest BCUT2D eigenvalue weighted by Crippen LogP contribution is -2.74. The largest absolute Gasteiger partial charge is 0.248 e. The van der Waals surface area contributed by atoms with Crippen molar-refractivity contribution in [2.75, 3.05) is 0 Å². The third-order valence-electron chi connectivity index (χ3n) is 13.2. The summed E-state index contributed by atoms with van der Waals surface area (Å²) < 4.78 is 0. The van der Waals surface area contributed by atoms with Crippen LogP contribution in [0.3, 0.4) is 0 Å². The van der Waals surface area contributed by atoms with Gasteiger partial charge in [0.2, 0.25) is 0 Å². The van der Waals surface area contributed by atoms with E-state index in [0.29, 0.717) is 0 Å². The van der Waals surface area contributed by atoms with E-state index in [1.54, 1.807) is 0 Å². The van der Waals surface area contributed by atoms with Crippen LogP contribution in [0.4, 0.5) is 0 Å². The fourth-order valence-electron chi connectivity index (χ4n) is 10.6. The van der Waals surface area contributed by atoms with Gasteiger partial charge in [-0.1, -0.05) is 248 Å². The average molecular weight is 866 g/mol. The molecule has 0 aliphatic heterocycles. The van der Waals surface area contributed by atoms with Crippen LogP contribution in [0, 0.1) is 20.8 Å². The molecule has 0 aliphatic rings. The molecule has 0 aliphatic carbocycles. The molecule has 0 fully saturated rings. The van der Waals surface area contributed by atoms with Crippen molar-refractivity contribution in [3.8, 4) is 33.6 Å². The lowest BCUT2D eigenvalue weighted by molar-refractivity contribution is 1.29. The minimum Gasteiger partial charge on any atom is -0.248 e. The molecule has 0 saturated heterocycles. The van der Waals surface area contributed by atoms with Gasteiger partial charge in [-0.15, -0.1) is 0 Å². The van der Waals surface area contributed by atoms with Crippen molar-refractivity contribution in [3.05, 3.63) is 271 Å². The summed E-state index contributed by atoms with van der Waals surface area (Å²) in [5.41, 5.74) is 10.4. The molecule has 0 unspecified atom stereocenters. The van der Waals surface area contributed by atoms with Crippen LogP contribution in [0.15, 0.2) is 255 Å². The Kier molecular flexibility index (Phi) is 11.5. The zero-order valence-electron chi connectivity index (χ0n) is 37.2. The topological polar surface area (TPSA) is 12.9 Å². The number of aryl methyl sites for hydroxylation is 3. The molecule has 0 radical (unpaired) electrons. The molecular weight excluding hydrogens is 815 g/mol. The number of hydrogen-bond donors (Lipinski definition) is 0. The Morgan fingerprint density at radius 2 is 0.538 bits per heavy atom. The summed E-state index contributed by atoms with van der Waals surface area (Å²) in [6.45, 7) is 6.68. The Labute approximate surface area is 386 Å². The quantitative estimate of drug-likeness (QED) is 0.0933. The third kappa shape index (κ3) is 7.63. The van der Waals surface area contributed by atoms with Crippen LogP contribution in [-0.2, 0) is 0 Å². The van der Waals surface area contributed by atoms with Crippen LogP contribution in [0.1, 0.15) is 16.7 Å². The van der Waals surface area contributed by atoms with Gasteiger partial charge in [0.05, 0.1) is 11.4 Å². The van der Waals surface area contributed by atoms with Crippen molar-refractivity contribution in [3.63, 3.8) is 0 Å². The van der Waals surface area contributed by atoms with Crippen LogP contribution >= 0.6 is 0 Å². The Hall–Kier alpha value is -7.44. The van der Waals surface area contributed by atoms with E-state index in [2.05, 4.69) is 276 Å². The molecule has 9 aromatic carbocycles. The first kappa shape index (κ1) is 41.6. The third-order valence-corrected chi connectivity index (χ3v) is 22.8. The predicted molar refractivity (Wildman–Crippen MR) is 282 cm³/mol. The van der Waals surface area contributed by atoms with Crippen molar-refractivity contribution < 1.29 is 0 Å². The van der Waals surface area contributed by atoms with Crippen molar-refractivity contribution in [1.29, 1.82) is 0 Å². The molecule has 10 aromatic rings. The number of hydrogen-bond acceptors (Lipinski definition) is 1. The van der Waals surface area contributed by atoms with Crippen molar-refractivity contribution in [2.24, 2.45) is 0 Å². The van der Waals surface area contributed by atoms with Crippen LogP contribution in [0.2, 0.25) is 0 Å². The summed E-state index contributed by atoms with van der Waals surface area (Å²) in [6, 6.07) is 94.8. The molecule has 1 aromatic heterocycles. The van der Waals surface area contributed by atoms with Gasteiger partial charge in [-0.05, 0) is 96.7 Å². The molecule has 0 saturated carbocycles. The maximum atomic E-state index is 5.69. The van der Waals surface area contributed by atoms with Gasteiger partial charge < -0.3 is 0 Å². The highest BCUT2D eigenvalue weighted by Crippen LogP contribution is 2.34. The molecule has 0 bridgehead atoms. The van der Waals surface area contributed by atoms with Crippen molar-refractivity contribution in [2.45, 2.75) is 20.8 Å². The van der Waals surface area contributed by atoms with Gasteiger partial charge in [-0.25, -0.2) is 4.98 Å². The van der Waals surface area contributed by atoms with Crippen molar-refractivity contribution >= 4 is 57.6 Å². The van der Waals surface area contributed by atoms with E-state index in [1.165, 1.54) is 69.3 Å². The molecule has 10 rings (SSSR count). The smallest absolute Gasteiger partial charge is 0.179 e. The number of aromatic nitrogens is 1. The molecule has 1 nitrogen and oxygen atoms in total. The summed E-state index contributed by atoms with van der Waals surface area (Å²) in [6.07, 6.45) is 0. The van der Waals surface area contributed by atoms with E-state index >= 15 is 0 Å². The van der Waals surface area contributed by atoms with Crippen LogP contribution in [0.5, 0.6) is 0 Å². The first-order valence-corrected chi connectivity index (χ1v) is 26.6. The Morgan fingerprint density at radius 3 is 0.831 bits per heavy atom. The molecule has 312 valence electrons. The number of pyridine rings is 1. The Bertz CT molecular complexity index is 2800. The first-order chi connectivity index (χ1) is 32.0. The van der Waals surface area contributed by atoms with Crippen molar-refractivity contribution in [1.82, 2.24) is 4.98 Å². The second kappa shape index (κ2) is 18.0. The predicted octanol–water partition coefficient (Wildman–Crippen LogP) is 9.76. The summed E-state index contributed by atoms with van der Waals surface area (Å²) >= 11 is 0. The number of benzene rings is 9. The van der Waals surface area contributed by atoms with Gasteiger partial charge in [0, 0.05) is 11.1 Å². The fraction of sp³-hybridized carbons (Fsp3) is 0.0484. The van der Waals surface area contributed by atoms with Gasteiger partial charge in [0.15, 0.2) is 16.1 Å². The fourth-order valence-corrected chi connectivity index (χ4v) is 20.1. The van der Waals surface area contributed by atoms with Gasteiger partial charge in [-0.2, -0.15) is 0 Å². The van der Waals surface area contributed by atoms with E-state index in [0.717, 1.165) is 22.5 Å². The Balaban J connectivity index is 1.22. The van der Waals surface area contributed by atoms with Crippen LogP contribution in [0.25, 0.3) is 33.6 Å². The lowest BCUT2D eigenvalue weighted by atomic mass is 9.92. The van der Waals surface area contributed by atoms with Gasteiger partial charge >= 0.3 is 0 Å². The molecule has 0 atom stereocenters. The zero-order valence-corrected chi connectivity index (χ0v) is 39.2. The lowest BCUT2D eigenvalue weighted by Gasteiger charge is -2.34. The Morgan fingerprint density at radius 1 is 0.262 bits per heavy atom. The summed E-state index contributed by atoms with van der Waals surface area (Å²) in [7, 11) is -5.58. The van der Waals surface area contributed by atoms with E-state index in [1.807, 2.05) is 0 Å². The number of rotatable bonds is 11. The SMILES string of the molecule is Cc1cc(C)c(-c2cc(-c3cccc([Si](c4ccccc4)(c4ccccc4)c4ccccc4)c3)nc(-c3cccc([Si](c4ccccc4)(c4ccccc4)c4ccccc4)c3)c2)c(C)c1. The number of nitrogens with zero attached hydrogens (tertiary/aromatic N) is 1. The normalized spacial score (nSPS) is 11.6. The van der Waals surface area contributed by atoms with E-state index < -0.39 is 16.1 Å². The molecule has 3 heteroatoms. The highest BCUT2D eigenvalue weighted by molar-refractivity contribution is 7.20. The molecule has 0 N–H and O–H groups in total. The summed E-state index contributed by atoms with van der Waals surface area (Å²) in [4.78, 5) is 5.69. The van der Waals surface area contributed by atoms with Crippen LogP contribution < -0.4 is 41.5 Å². The molecule has 0 spiro atoms. The molecule has 65 heavy (non-hydrogen) atoms. The zero-order chi connectivity index (χ0) is 44.2. The first-order valence-electron chi connectivity index (χ1n) is 22.6. The van der Waals surface area contributed by atoms with Gasteiger partial charge in [0.1, 0.15) is 0 Å². The summed E-state index contributed by atoms with van der Waals surface area (Å²) in [5.74, 6) is 0. The van der Waals surface area contributed by atoms with Gasteiger partial charge in [0.25, 0.3) is 0 Å². The second-order valence-corrected chi connectivity index (χ2v) is 24.9. The van der Waals surface area contributed by atoms with Crippen LogP contribution in [-0.4, -0.2) is 21.1 Å². The van der Waals surface area contributed by atoms with E-state index in [-0.39, 0.29) is 0 Å². The van der Waals surface area contributed by atoms with E-state index in [4.69, 9.17) is 4.98 Å². The maximum absolute atomic E-state index is 5.69. The second-order valence-electron chi connectivity index (χ2n) is 17.3. The minimum atomic E-state index is -2.79. The average Bonchev–Trinajstić information content (AvgIpc) is 3.36. The monoisotopic (exact) mass is 865 g/mol. The minimum absolute atomic E-state index is 0.957. The van der Waals surface area contributed by atoms with E-state index in [9.17, 15) is 0 Å². The molecule has 0 amide bonds.